The summed E-state index contributed by atoms with van der Waals surface area (Å²) in [6.45, 7) is 4.20. The normalized spacial score (nSPS) is 16.8. The summed E-state index contributed by atoms with van der Waals surface area (Å²) in [4.78, 5) is 24.7. The molecule has 1 saturated carbocycles. The molecule has 1 aliphatic carbocycles. The van der Waals surface area contributed by atoms with E-state index in [1.807, 2.05) is 6.07 Å². The van der Waals surface area contributed by atoms with Crippen molar-refractivity contribution < 1.29 is 14.1 Å². The van der Waals surface area contributed by atoms with Crippen LogP contribution in [0.3, 0.4) is 0 Å². The first-order valence-electron chi connectivity index (χ1n) is 10.2. The van der Waals surface area contributed by atoms with Gasteiger partial charge in [0, 0.05) is 18.0 Å². The summed E-state index contributed by atoms with van der Waals surface area (Å²) in [6.07, 6.45) is 5.84. The van der Waals surface area contributed by atoms with Crippen molar-refractivity contribution in [1.82, 2.24) is 10.5 Å². The minimum atomic E-state index is -0.365. The standard InChI is InChI=1S/C22H29N3O3S/c1-16-13-19(25-28-16)24-21(27)17(2)29-14-20(26)23-15-22(11-7-4-8-12-22)18-9-5-3-6-10-18/h3,5-6,9-10,13,17H,4,7-8,11-12,14-15H2,1-2H3,(H,23,26)(H,24,25,27)/t17-/m1/s1. The first-order valence-corrected chi connectivity index (χ1v) is 11.2. The number of carbonyl (C=O) groups excluding carboxylic acids is 2. The maximum Gasteiger partial charge on any atom is 0.238 e. The largest absolute Gasteiger partial charge is 0.360 e. The number of aromatic nitrogens is 1. The highest BCUT2D eigenvalue weighted by Crippen LogP contribution is 2.38. The van der Waals surface area contributed by atoms with E-state index in [1.165, 1.54) is 36.6 Å². The molecule has 2 aromatic rings. The van der Waals surface area contributed by atoms with E-state index in [2.05, 4.69) is 40.1 Å². The Hall–Kier alpha value is -2.28. The highest BCUT2D eigenvalue weighted by Gasteiger charge is 2.34. The number of hydrogen-bond donors (Lipinski definition) is 2. The van der Waals surface area contributed by atoms with Gasteiger partial charge in [0.25, 0.3) is 0 Å². The second-order valence-corrected chi connectivity index (χ2v) is 9.08. The third-order valence-electron chi connectivity index (χ3n) is 5.53. The molecule has 1 fully saturated rings. The molecular weight excluding hydrogens is 386 g/mol. The monoisotopic (exact) mass is 415 g/mol. The Morgan fingerprint density at radius 1 is 1.21 bits per heavy atom. The number of anilines is 1. The van der Waals surface area contributed by atoms with Crippen LogP contribution in [0.1, 0.15) is 50.4 Å². The van der Waals surface area contributed by atoms with Crippen LogP contribution in [0, 0.1) is 6.92 Å². The Morgan fingerprint density at radius 2 is 1.93 bits per heavy atom. The van der Waals surface area contributed by atoms with Gasteiger partial charge in [-0.1, -0.05) is 54.8 Å². The van der Waals surface area contributed by atoms with Gasteiger partial charge in [-0.05, 0) is 32.3 Å². The van der Waals surface area contributed by atoms with Crippen molar-refractivity contribution in [2.45, 2.75) is 56.6 Å². The topological polar surface area (TPSA) is 84.2 Å². The predicted molar refractivity (Wildman–Crippen MR) is 116 cm³/mol. The number of benzene rings is 1. The molecule has 0 radical (unpaired) electrons. The maximum atomic E-state index is 12.5. The summed E-state index contributed by atoms with van der Waals surface area (Å²) in [7, 11) is 0. The molecule has 2 N–H and O–H groups in total. The lowest BCUT2D eigenvalue weighted by atomic mass is 9.69. The highest BCUT2D eigenvalue weighted by atomic mass is 32.2. The minimum Gasteiger partial charge on any atom is -0.360 e. The Morgan fingerprint density at radius 3 is 2.59 bits per heavy atom. The average molecular weight is 416 g/mol. The Kier molecular flexibility index (Phi) is 7.36. The molecule has 6 nitrogen and oxygen atoms in total. The van der Waals surface area contributed by atoms with E-state index >= 15 is 0 Å². The fourth-order valence-electron chi connectivity index (χ4n) is 3.84. The quantitative estimate of drug-likeness (QED) is 0.679. The van der Waals surface area contributed by atoms with Crippen molar-refractivity contribution in [3.63, 3.8) is 0 Å². The first kappa shape index (κ1) is 21.4. The van der Waals surface area contributed by atoms with E-state index in [-0.39, 0.29) is 28.2 Å². The molecule has 1 heterocycles. The Balaban J connectivity index is 1.48. The fourth-order valence-corrected chi connectivity index (χ4v) is 4.55. The van der Waals surface area contributed by atoms with Gasteiger partial charge in [-0.25, -0.2) is 0 Å². The molecule has 1 aliphatic rings. The molecule has 2 amide bonds. The zero-order valence-corrected chi connectivity index (χ0v) is 17.9. The zero-order valence-electron chi connectivity index (χ0n) is 17.1. The Bertz CT molecular complexity index is 816. The lowest BCUT2D eigenvalue weighted by Gasteiger charge is -2.38. The van der Waals surface area contributed by atoms with Crippen molar-refractivity contribution >= 4 is 29.4 Å². The van der Waals surface area contributed by atoms with Crippen LogP contribution in [0.25, 0.3) is 0 Å². The van der Waals surface area contributed by atoms with Crippen molar-refractivity contribution in [3.8, 4) is 0 Å². The van der Waals surface area contributed by atoms with E-state index < -0.39 is 0 Å². The number of thioether (sulfide) groups is 1. The van der Waals surface area contributed by atoms with E-state index in [9.17, 15) is 9.59 Å². The summed E-state index contributed by atoms with van der Waals surface area (Å²) in [6, 6.07) is 12.2. The van der Waals surface area contributed by atoms with Crippen molar-refractivity contribution in [1.29, 1.82) is 0 Å². The molecule has 3 rings (SSSR count). The van der Waals surface area contributed by atoms with E-state index in [0.29, 0.717) is 18.1 Å². The van der Waals surface area contributed by atoms with Gasteiger partial charge in [0.15, 0.2) is 5.82 Å². The number of carbonyl (C=O) groups is 2. The van der Waals surface area contributed by atoms with Crippen molar-refractivity contribution in [3.05, 3.63) is 47.7 Å². The van der Waals surface area contributed by atoms with E-state index in [1.54, 1.807) is 19.9 Å². The van der Waals surface area contributed by atoms with Gasteiger partial charge < -0.3 is 15.2 Å². The van der Waals surface area contributed by atoms with Crippen LogP contribution in [0.5, 0.6) is 0 Å². The van der Waals surface area contributed by atoms with Crippen LogP contribution in [-0.2, 0) is 15.0 Å². The second kappa shape index (κ2) is 9.96. The molecule has 1 atom stereocenters. The van der Waals surface area contributed by atoms with Gasteiger partial charge >= 0.3 is 0 Å². The SMILES string of the molecule is Cc1cc(NC(=O)[C@@H](C)SCC(=O)NCC2(c3ccccc3)CCCCC2)no1. The van der Waals surface area contributed by atoms with Gasteiger partial charge in [0.1, 0.15) is 5.76 Å². The molecule has 1 aromatic heterocycles. The average Bonchev–Trinajstić information content (AvgIpc) is 3.16. The zero-order chi connectivity index (χ0) is 20.7. The highest BCUT2D eigenvalue weighted by molar-refractivity contribution is 8.01. The smallest absolute Gasteiger partial charge is 0.238 e. The van der Waals surface area contributed by atoms with E-state index in [4.69, 9.17) is 4.52 Å². The summed E-state index contributed by atoms with van der Waals surface area (Å²) in [5.41, 5.74) is 1.33. The fraction of sp³-hybridized carbons (Fsp3) is 0.500. The molecule has 0 saturated heterocycles. The van der Waals surface area contributed by atoms with Crippen LogP contribution in [0.2, 0.25) is 0 Å². The summed E-state index contributed by atoms with van der Waals surface area (Å²) >= 11 is 1.32. The van der Waals surface area contributed by atoms with E-state index in [0.717, 1.165) is 12.8 Å². The van der Waals surface area contributed by atoms with Crippen LogP contribution in [0.4, 0.5) is 5.82 Å². The summed E-state index contributed by atoms with van der Waals surface area (Å²) < 4.78 is 4.94. The number of amides is 2. The third kappa shape index (κ3) is 5.85. The summed E-state index contributed by atoms with van der Waals surface area (Å²) in [5.74, 6) is 1.05. The van der Waals surface area contributed by atoms with Gasteiger partial charge in [0.2, 0.25) is 11.8 Å². The van der Waals surface area contributed by atoms with Crippen LogP contribution in [0.15, 0.2) is 40.9 Å². The van der Waals surface area contributed by atoms with Crippen LogP contribution in [-0.4, -0.2) is 34.5 Å². The number of nitrogens with zero attached hydrogens (tertiary/aromatic N) is 1. The number of hydrogen-bond acceptors (Lipinski definition) is 5. The number of aryl methyl sites for hydroxylation is 1. The third-order valence-corrected chi connectivity index (χ3v) is 6.68. The molecule has 29 heavy (non-hydrogen) atoms. The van der Waals surface area contributed by atoms with Gasteiger partial charge in [-0.2, -0.15) is 0 Å². The molecule has 0 unspecified atom stereocenters. The molecule has 156 valence electrons. The number of rotatable bonds is 8. The lowest BCUT2D eigenvalue weighted by molar-refractivity contribution is -0.118. The second-order valence-electron chi connectivity index (χ2n) is 7.75. The molecule has 0 bridgehead atoms. The molecule has 1 aromatic carbocycles. The first-order chi connectivity index (χ1) is 14.0. The maximum absolute atomic E-state index is 12.5. The lowest BCUT2D eigenvalue weighted by Crippen LogP contribution is -2.43. The molecule has 7 heteroatoms. The predicted octanol–water partition coefficient (Wildman–Crippen LogP) is 4.06. The molecule has 0 aliphatic heterocycles. The van der Waals surface area contributed by atoms with Crippen molar-refractivity contribution in [2.75, 3.05) is 17.6 Å². The molecule has 0 spiro atoms. The van der Waals surface area contributed by atoms with Crippen LogP contribution < -0.4 is 10.6 Å². The Labute approximate surface area is 176 Å². The van der Waals surface area contributed by atoms with Gasteiger partial charge in [0.05, 0.1) is 11.0 Å². The van der Waals surface area contributed by atoms with Gasteiger partial charge in [-0.3, -0.25) is 9.59 Å². The number of nitrogens with one attached hydrogen (secondary N) is 2. The van der Waals surface area contributed by atoms with Gasteiger partial charge in [-0.15, -0.1) is 11.8 Å². The summed E-state index contributed by atoms with van der Waals surface area (Å²) in [5, 5.41) is 9.21. The molecular formula is C22H29N3O3S. The van der Waals surface area contributed by atoms with Crippen molar-refractivity contribution in [2.24, 2.45) is 0 Å². The van der Waals surface area contributed by atoms with Crippen LogP contribution >= 0.6 is 11.8 Å². The minimum absolute atomic E-state index is 0.0215.